The third-order valence-electron chi connectivity index (χ3n) is 9.21. The fourth-order valence-corrected chi connectivity index (χ4v) is 7.05. The average molecular weight is 612 g/mol. The molecule has 2 amide bonds. The van der Waals surface area contributed by atoms with Crippen molar-refractivity contribution in [2.45, 2.75) is 97.8 Å². The second kappa shape index (κ2) is 12.7. The first-order valence-corrected chi connectivity index (χ1v) is 17.1. The van der Waals surface area contributed by atoms with Gasteiger partial charge in [-0.25, -0.2) is 0 Å². The van der Waals surface area contributed by atoms with Crippen LogP contribution in [-0.2, 0) is 14.9 Å². The van der Waals surface area contributed by atoms with Crippen LogP contribution in [0, 0.1) is 16.7 Å². The van der Waals surface area contributed by atoms with Crippen LogP contribution in [0.1, 0.15) is 114 Å². The fraction of sp³-hybridized carbons (Fsp3) is 0.588. The molecule has 2 unspecified atom stereocenters. The first-order valence-electron chi connectivity index (χ1n) is 15.5. The molecule has 1 saturated carbocycles. The second-order valence-electron chi connectivity index (χ2n) is 14.6. The number of nitrogens with zero attached hydrogens (tertiary/aromatic N) is 1. The van der Waals surface area contributed by atoms with E-state index in [1.165, 1.54) is 0 Å². The molecule has 9 heteroatoms. The van der Waals surface area contributed by atoms with E-state index in [2.05, 4.69) is 57.1 Å². The highest BCUT2D eigenvalue weighted by Gasteiger charge is 2.55. The van der Waals surface area contributed by atoms with E-state index in [4.69, 9.17) is 4.55 Å². The minimum atomic E-state index is -4.16. The van der Waals surface area contributed by atoms with Crippen LogP contribution in [0.2, 0.25) is 0 Å². The van der Waals surface area contributed by atoms with Crippen LogP contribution in [0.15, 0.2) is 54.6 Å². The summed E-state index contributed by atoms with van der Waals surface area (Å²) in [5.41, 5.74) is 2.14. The Morgan fingerprint density at radius 3 is 2.16 bits per heavy atom. The summed E-state index contributed by atoms with van der Waals surface area (Å²) < 4.78 is 31.0. The Balaban J connectivity index is 1.68. The molecule has 1 saturated heterocycles. The summed E-state index contributed by atoms with van der Waals surface area (Å²) in [6.45, 7) is 13.4. The van der Waals surface area contributed by atoms with Gasteiger partial charge in [0.1, 0.15) is 6.04 Å². The Morgan fingerprint density at radius 2 is 1.63 bits per heavy atom. The zero-order valence-electron chi connectivity index (χ0n) is 26.5. The smallest absolute Gasteiger partial charge is 0.266 e. The first-order chi connectivity index (χ1) is 20.0. The van der Waals surface area contributed by atoms with Crippen LogP contribution < -0.4 is 10.6 Å². The summed E-state index contributed by atoms with van der Waals surface area (Å²) in [5.74, 6) is -0.289. The third-order valence-corrected chi connectivity index (χ3v) is 9.93. The van der Waals surface area contributed by atoms with E-state index in [0.29, 0.717) is 11.5 Å². The third kappa shape index (κ3) is 8.25. The zero-order chi connectivity index (χ0) is 31.6. The van der Waals surface area contributed by atoms with Crippen LogP contribution >= 0.6 is 0 Å². The molecule has 0 radical (unpaired) electrons. The van der Waals surface area contributed by atoms with Crippen LogP contribution in [0.3, 0.4) is 0 Å². The molecule has 2 aliphatic rings. The summed E-state index contributed by atoms with van der Waals surface area (Å²) >= 11 is 0. The van der Waals surface area contributed by atoms with Crippen LogP contribution in [0.5, 0.6) is 0 Å². The highest BCUT2D eigenvalue weighted by Crippen LogP contribution is 2.50. The van der Waals surface area contributed by atoms with E-state index in [0.717, 1.165) is 49.7 Å². The summed E-state index contributed by atoms with van der Waals surface area (Å²) in [6, 6.07) is 16.7. The SMILES string of the molecule is CC(C)(C)CCC(c1ccc(C(=O)NCCS(=O)(=O)O)cc1)N1C(=O)C(c2ccccc2)NC12CCC(C(C)(C)C)CC2. The molecule has 1 heterocycles. The number of nitrogens with one attached hydrogen (secondary N) is 2. The number of hydrogen-bond acceptors (Lipinski definition) is 5. The number of carbonyl (C=O) groups excluding carboxylic acids is 2. The number of amides is 2. The molecule has 0 bridgehead atoms. The monoisotopic (exact) mass is 611 g/mol. The summed E-state index contributed by atoms with van der Waals surface area (Å²) in [5, 5.41) is 6.40. The van der Waals surface area contributed by atoms with Gasteiger partial charge in [0.2, 0.25) is 5.91 Å². The van der Waals surface area contributed by atoms with Crippen molar-refractivity contribution in [1.82, 2.24) is 15.5 Å². The summed E-state index contributed by atoms with van der Waals surface area (Å²) in [4.78, 5) is 29.3. The Kier molecular flexibility index (Phi) is 9.79. The maximum absolute atomic E-state index is 14.5. The second-order valence-corrected chi connectivity index (χ2v) is 16.2. The van der Waals surface area contributed by atoms with Crippen molar-refractivity contribution in [1.29, 1.82) is 0 Å². The van der Waals surface area contributed by atoms with Gasteiger partial charge in [0, 0.05) is 12.1 Å². The number of rotatable bonds is 9. The molecule has 2 aromatic carbocycles. The van der Waals surface area contributed by atoms with Crippen LogP contribution in [0.25, 0.3) is 0 Å². The summed E-state index contributed by atoms with van der Waals surface area (Å²) in [6.07, 6.45) is 5.53. The normalized spacial score (nSPS) is 23.9. The molecule has 1 spiro atoms. The molecule has 4 rings (SSSR count). The van der Waals surface area contributed by atoms with Gasteiger partial charge in [-0.1, -0.05) is 84.0 Å². The molecule has 43 heavy (non-hydrogen) atoms. The van der Waals surface area contributed by atoms with E-state index in [-0.39, 0.29) is 29.3 Å². The number of hydrogen-bond donors (Lipinski definition) is 3. The molecule has 2 aromatic rings. The van der Waals surface area contributed by atoms with Crippen molar-refractivity contribution in [2.24, 2.45) is 16.7 Å². The summed E-state index contributed by atoms with van der Waals surface area (Å²) in [7, 11) is -4.16. The zero-order valence-corrected chi connectivity index (χ0v) is 27.3. The number of benzene rings is 2. The lowest BCUT2D eigenvalue weighted by atomic mass is 9.69. The van der Waals surface area contributed by atoms with Crippen LogP contribution in [0.4, 0.5) is 0 Å². The molecular weight excluding hydrogens is 562 g/mol. The van der Waals surface area contributed by atoms with E-state index >= 15 is 0 Å². The maximum atomic E-state index is 14.5. The van der Waals surface area contributed by atoms with Gasteiger partial charge < -0.3 is 10.2 Å². The van der Waals surface area contributed by atoms with Crippen molar-refractivity contribution < 1.29 is 22.6 Å². The highest BCUT2D eigenvalue weighted by atomic mass is 32.2. The van der Waals surface area contributed by atoms with E-state index in [1.54, 1.807) is 12.1 Å². The quantitative estimate of drug-likeness (QED) is 0.288. The van der Waals surface area contributed by atoms with Gasteiger partial charge in [-0.3, -0.25) is 19.5 Å². The molecule has 0 aromatic heterocycles. The average Bonchev–Trinajstić information content (AvgIpc) is 3.19. The maximum Gasteiger partial charge on any atom is 0.266 e. The van der Waals surface area contributed by atoms with Gasteiger partial charge in [0.15, 0.2) is 0 Å². The standard InChI is InChI=1S/C34H49N3O5S/c1-32(2,3)19-18-28(24-12-14-26(15-13-24)30(38)35-22-23-43(40,41)42)37-31(39)29(25-10-8-7-9-11-25)36-34(37)20-16-27(17-21-34)33(4,5)6/h7-15,27-29,36H,16-23H2,1-6H3,(H,35,38)(H,40,41,42). The van der Waals surface area contributed by atoms with Gasteiger partial charge >= 0.3 is 0 Å². The predicted octanol–water partition coefficient (Wildman–Crippen LogP) is 6.28. The Morgan fingerprint density at radius 1 is 1.02 bits per heavy atom. The molecule has 3 N–H and O–H groups in total. The molecular formula is C34H49N3O5S. The molecule has 2 fully saturated rings. The topological polar surface area (TPSA) is 116 Å². The highest BCUT2D eigenvalue weighted by molar-refractivity contribution is 7.85. The van der Waals surface area contributed by atoms with E-state index in [9.17, 15) is 18.0 Å². The van der Waals surface area contributed by atoms with Crippen molar-refractivity contribution >= 4 is 21.9 Å². The number of carbonyl (C=O) groups is 2. The van der Waals surface area contributed by atoms with Crippen molar-refractivity contribution in [3.63, 3.8) is 0 Å². The van der Waals surface area contributed by atoms with Gasteiger partial charge in [-0.05, 0) is 78.5 Å². The molecule has 2 atom stereocenters. The van der Waals surface area contributed by atoms with E-state index < -0.39 is 33.5 Å². The van der Waals surface area contributed by atoms with E-state index in [1.807, 2.05) is 42.5 Å². The Bertz CT molecular complexity index is 1370. The largest absolute Gasteiger partial charge is 0.351 e. The molecule has 1 aliphatic carbocycles. The lowest BCUT2D eigenvalue weighted by molar-refractivity contribution is -0.137. The lowest BCUT2D eigenvalue weighted by Gasteiger charge is -2.49. The minimum Gasteiger partial charge on any atom is -0.351 e. The van der Waals surface area contributed by atoms with Crippen molar-refractivity contribution in [3.05, 3.63) is 71.3 Å². The van der Waals surface area contributed by atoms with Gasteiger partial charge in [0.25, 0.3) is 16.0 Å². The Labute approximate surface area is 257 Å². The minimum absolute atomic E-state index is 0.0667. The Hall–Kier alpha value is -2.75. The van der Waals surface area contributed by atoms with Gasteiger partial charge in [0.05, 0.1) is 17.5 Å². The molecule has 1 aliphatic heterocycles. The molecule has 236 valence electrons. The van der Waals surface area contributed by atoms with Gasteiger partial charge in [-0.2, -0.15) is 8.42 Å². The van der Waals surface area contributed by atoms with Crippen molar-refractivity contribution in [3.8, 4) is 0 Å². The first kappa shape index (κ1) is 33.1. The predicted molar refractivity (Wildman–Crippen MR) is 170 cm³/mol. The van der Waals surface area contributed by atoms with Crippen LogP contribution in [-0.4, -0.2) is 47.6 Å². The fourth-order valence-electron chi connectivity index (χ4n) is 6.69. The lowest BCUT2D eigenvalue weighted by Crippen LogP contribution is -2.56. The molecule has 8 nitrogen and oxygen atoms in total. The van der Waals surface area contributed by atoms with Crippen molar-refractivity contribution in [2.75, 3.05) is 12.3 Å². The van der Waals surface area contributed by atoms with Gasteiger partial charge in [-0.15, -0.1) is 0 Å².